The van der Waals surface area contributed by atoms with Crippen molar-refractivity contribution in [3.63, 3.8) is 0 Å². The van der Waals surface area contributed by atoms with Crippen LogP contribution >= 0.6 is 0 Å². The molecule has 4 nitrogen and oxygen atoms in total. The molecule has 1 amide bonds. The fraction of sp³-hybridized carbons (Fsp3) is 0.0769. The Hall–Kier alpha value is -2.36. The number of carbonyl (C=O) groups is 1. The van der Waals surface area contributed by atoms with Gasteiger partial charge in [-0.15, -0.1) is 0 Å². The van der Waals surface area contributed by atoms with Crippen molar-refractivity contribution in [2.45, 2.75) is 6.92 Å². The number of nitrogens with one attached hydrogen (secondary N) is 1. The smallest absolute Gasteiger partial charge is 0.256 e. The number of carbonyl (C=O) groups excluding carboxylic acids is 1. The highest BCUT2D eigenvalue weighted by Gasteiger charge is 2.10. The molecule has 0 radical (unpaired) electrons. The summed E-state index contributed by atoms with van der Waals surface area (Å²) >= 11 is 0. The first-order chi connectivity index (χ1) is 8.18. The van der Waals surface area contributed by atoms with E-state index >= 15 is 0 Å². The van der Waals surface area contributed by atoms with E-state index in [0.717, 1.165) is 5.56 Å². The summed E-state index contributed by atoms with van der Waals surface area (Å²) in [7, 11) is 0. The Morgan fingerprint density at radius 2 is 1.94 bits per heavy atom. The molecule has 0 spiro atoms. The lowest BCUT2D eigenvalue weighted by Gasteiger charge is -2.08. The second-order valence-corrected chi connectivity index (χ2v) is 3.71. The summed E-state index contributed by atoms with van der Waals surface area (Å²) < 4.78 is 0. The van der Waals surface area contributed by atoms with Gasteiger partial charge in [-0.3, -0.25) is 9.78 Å². The Morgan fingerprint density at radius 3 is 2.65 bits per heavy atom. The third-order valence-electron chi connectivity index (χ3n) is 2.56. The maximum absolute atomic E-state index is 12.0. The number of nitrogens with zero attached hydrogens (tertiary/aromatic N) is 1. The highest BCUT2D eigenvalue weighted by Crippen LogP contribution is 2.17. The molecule has 0 aliphatic carbocycles. The standard InChI is InChI=1S/C13H13N3O/c1-9-11(3-2-4-12(9)14)13(17)16-10-5-7-15-8-6-10/h2-8H,14H2,1H3,(H,15,16,17). The summed E-state index contributed by atoms with van der Waals surface area (Å²) in [5.41, 5.74) is 8.47. The lowest BCUT2D eigenvalue weighted by molar-refractivity contribution is 0.102. The Kier molecular flexibility index (Phi) is 3.05. The summed E-state index contributed by atoms with van der Waals surface area (Å²) in [5.74, 6) is -0.166. The molecule has 0 unspecified atom stereocenters. The van der Waals surface area contributed by atoms with E-state index in [1.807, 2.05) is 6.92 Å². The van der Waals surface area contributed by atoms with Gasteiger partial charge in [0.25, 0.3) is 5.91 Å². The number of nitrogens with two attached hydrogens (primary N) is 1. The second-order valence-electron chi connectivity index (χ2n) is 3.71. The minimum atomic E-state index is -0.166. The molecule has 0 fully saturated rings. The van der Waals surface area contributed by atoms with Gasteiger partial charge in [-0.25, -0.2) is 0 Å². The van der Waals surface area contributed by atoms with Gasteiger partial charge in [0, 0.05) is 29.3 Å². The van der Waals surface area contributed by atoms with E-state index in [1.54, 1.807) is 42.7 Å². The lowest BCUT2D eigenvalue weighted by atomic mass is 10.1. The Bertz CT molecular complexity index is 538. The number of benzene rings is 1. The number of pyridine rings is 1. The number of rotatable bonds is 2. The second kappa shape index (κ2) is 4.65. The van der Waals surface area contributed by atoms with Gasteiger partial charge in [0.1, 0.15) is 0 Å². The van der Waals surface area contributed by atoms with Crippen LogP contribution in [0.4, 0.5) is 11.4 Å². The molecule has 0 saturated carbocycles. The minimum Gasteiger partial charge on any atom is -0.398 e. The van der Waals surface area contributed by atoms with Gasteiger partial charge in [0.2, 0.25) is 0 Å². The molecule has 1 heterocycles. The van der Waals surface area contributed by atoms with E-state index in [9.17, 15) is 4.79 Å². The molecule has 2 aromatic rings. The van der Waals surface area contributed by atoms with Crippen molar-refractivity contribution in [1.82, 2.24) is 4.98 Å². The van der Waals surface area contributed by atoms with Crippen molar-refractivity contribution in [3.8, 4) is 0 Å². The van der Waals surface area contributed by atoms with Crippen molar-refractivity contribution in [2.24, 2.45) is 0 Å². The Labute approximate surface area is 99.5 Å². The van der Waals surface area contributed by atoms with Crippen LogP contribution in [-0.4, -0.2) is 10.9 Å². The summed E-state index contributed by atoms with van der Waals surface area (Å²) in [6, 6.07) is 8.77. The molecular weight excluding hydrogens is 214 g/mol. The van der Waals surface area contributed by atoms with Crippen LogP contribution in [0.25, 0.3) is 0 Å². The highest BCUT2D eigenvalue weighted by molar-refractivity contribution is 6.05. The van der Waals surface area contributed by atoms with Crippen LogP contribution in [0, 0.1) is 6.92 Å². The predicted molar refractivity (Wildman–Crippen MR) is 67.8 cm³/mol. The highest BCUT2D eigenvalue weighted by atomic mass is 16.1. The summed E-state index contributed by atoms with van der Waals surface area (Å²) in [4.78, 5) is 15.9. The zero-order valence-electron chi connectivity index (χ0n) is 9.47. The molecule has 0 aliphatic rings. The lowest BCUT2D eigenvalue weighted by Crippen LogP contribution is -2.14. The molecular formula is C13H13N3O. The van der Waals surface area contributed by atoms with Crippen molar-refractivity contribution in [1.29, 1.82) is 0 Å². The Morgan fingerprint density at radius 1 is 1.24 bits per heavy atom. The predicted octanol–water partition coefficient (Wildman–Crippen LogP) is 2.22. The quantitative estimate of drug-likeness (QED) is 0.773. The molecule has 0 saturated heterocycles. The number of hydrogen-bond acceptors (Lipinski definition) is 3. The molecule has 0 bridgehead atoms. The molecule has 0 aliphatic heterocycles. The van der Waals surface area contributed by atoms with E-state index in [0.29, 0.717) is 16.9 Å². The van der Waals surface area contributed by atoms with Crippen molar-refractivity contribution in [2.75, 3.05) is 11.1 Å². The van der Waals surface area contributed by atoms with Crippen LogP contribution < -0.4 is 11.1 Å². The first-order valence-corrected chi connectivity index (χ1v) is 5.25. The van der Waals surface area contributed by atoms with Crippen LogP contribution in [0.15, 0.2) is 42.7 Å². The largest absolute Gasteiger partial charge is 0.398 e. The maximum atomic E-state index is 12.0. The molecule has 3 N–H and O–H groups in total. The van der Waals surface area contributed by atoms with Gasteiger partial charge >= 0.3 is 0 Å². The minimum absolute atomic E-state index is 0.166. The van der Waals surface area contributed by atoms with Crippen LogP contribution in [-0.2, 0) is 0 Å². The third kappa shape index (κ3) is 2.42. The van der Waals surface area contributed by atoms with Gasteiger partial charge in [-0.1, -0.05) is 6.07 Å². The number of nitrogen functional groups attached to an aromatic ring is 1. The van der Waals surface area contributed by atoms with E-state index in [1.165, 1.54) is 0 Å². The van der Waals surface area contributed by atoms with Gasteiger partial charge in [0.15, 0.2) is 0 Å². The van der Waals surface area contributed by atoms with E-state index in [2.05, 4.69) is 10.3 Å². The SMILES string of the molecule is Cc1c(N)cccc1C(=O)Nc1ccncc1. The van der Waals surface area contributed by atoms with Crippen LogP contribution in [0.1, 0.15) is 15.9 Å². The van der Waals surface area contributed by atoms with Crippen LogP contribution in [0.3, 0.4) is 0 Å². The van der Waals surface area contributed by atoms with Crippen LogP contribution in [0.5, 0.6) is 0 Å². The summed E-state index contributed by atoms with van der Waals surface area (Å²) in [5, 5.41) is 2.79. The molecule has 86 valence electrons. The molecule has 4 heteroatoms. The average molecular weight is 227 g/mol. The fourth-order valence-electron chi connectivity index (χ4n) is 1.53. The van der Waals surface area contributed by atoms with Gasteiger partial charge in [-0.2, -0.15) is 0 Å². The normalized spacial score (nSPS) is 9.94. The number of aromatic nitrogens is 1. The Balaban J connectivity index is 2.24. The fourth-order valence-corrected chi connectivity index (χ4v) is 1.53. The van der Waals surface area contributed by atoms with E-state index in [-0.39, 0.29) is 5.91 Å². The van der Waals surface area contributed by atoms with Crippen molar-refractivity contribution >= 4 is 17.3 Å². The maximum Gasteiger partial charge on any atom is 0.256 e. The number of hydrogen-bond donors (Lipinski definition) is 2. The van der Waals surface area contributed by atoms with Crippen molar-refractivity contribution < 1.29 is 4.79 Å². The number of amides is 1. The topological polar surface area (TPSA) is 68.0 Å². The molecule has 1 aromatic heterocycles. The van der Waals surface area contributed by atoms with Gasteiger partial charge < -0.3 is 11.1 Å². The summed E-state index contributed by atoms with van der Waals surface area (Å²) in [6.45, 7) is 1.83. The molecule has 17 heavy (non-hydrogen) atoms. The third-order valence-corrected chi connectivity index (χ3v) is 2.56. The van der Waals surface area contributed by atoms with Crippen molar-refractivity contribution in [3.05, 3.63) is 53.9 Å². The summed E-state index contributed by atoms with van der Waals surface area (Å²) in [6.07, 6.45) is 3.25. The van der Waals surface area contributed by atoms with Crippen LogP contribution in [0.2, 0.25) is 0 Å². The average Bonchev–Trinajstić information content (AvgIpc) is 2.34. The van der Waals surface area contributed by atoms with E-state index < -0.39 is 0 Å². The monoisotopic (exact) mass is 227 g/mol. The zero-order chi connectivity index (χ0) is 12.3. The molecule has 1 aromatic carbocycles. The molecule has 2 rings (SSSR count). The van der Waals surface area contributed by atoms with Gasteiger partial charge in [-0.05, 0) is 36.8 Å². The molecule has 0 atom stereocenters. The van der Waals surface area contributed by atoms with Gasteiger partial charge in [0.05, 0.1) is 0 Å². The first kappa shape index (κ1) is 11.1. The zero-order valence-corrected chi connectivity index (χ0v) is 9.47. The number of anilines is 2. The first-order valence-electron chi connectivity index (χ1n) is 5.25. The van der Waals surface area contributed by atoms with E-state index in [4.69, 9.17) is 5.73 Å².